The van der Waals surface area contributed by atoms with E-state index in [1.165, 1.54) is 19.3 Å². The summed E-state index contributed by atoms with van der Waals surface area (Å²) in [5, 5.41) is 14.9. The smallest absolute Gasteiger partial charge is 0.315 e. The van der Waals surface area contributed by atoms with Crippen LogP contribution in [-0.2, 0) is 4.79 Å². The Hall–Kier alpha value is -1.26. The molecule has 0 aromatic carbocycles. The van der Waals surface area contributed by atoms with Gasteiger partial charge in [-0.1, -0.05) is 32.6 Å². The summed E-state index contributed by atoms with van der Waals surface area (Å²) >= 11 is 0. The number of carboxylic acid groups (broad SMARTS) is 1. The van der Waals surface area contributed by atoms with Gasteiger partial charge < -0.3 is 15.7 Å². The maximum atomic E-state index is 12.0. The Labute approximate surface area is 126 Å². The Morgan fingerprint density at radius 2 is 2.00 bits per heavy atom. The first-order chi connectivity index (χ1) is 10.0. The van der Waals surface area contributed by atoms with E-state index in [9.17, 15) is 9.59 Å². The number of nitrogens with one attached hydrogen (secondary N) is 2. The molecule has 5 heteroatoms. The van der Waals surface area contributed by atoms with Crippen LogP contribution in [0.3, 0.4) is 0 Å². The van der Waals surface area contributed by atoms with E-state index in [-0.39, 0.29) is 23.9 Å². The Kier molecular flexibility index (Phi) is 5.48. The van der Waals surface area contributed by atoms with Crippen LogP contribution in [0.5, 0.6) is 0 Å². The molecule has 0 spiro atoms. The number of rotatable bonds is 6. The standard InChI is InChI=1S/C16H28N2O3/c1-2-12-5-3-6-13(9-12)18-15(21)17-11-16(7-4-8-16)10-14(19)20/h12-13H,2-11H2,1H3,(H,19,20)(H2,17,18,21). The molecular weight excluding hydrogens is 268 g/mol. The van der Waals surface area contributed by atoms with Crippen molar-refractivity contribution in [1.29, 1.82) is 0 Å². The summed E-state index contributed by atoms with van der Waals surface area (Å²) in [5.41, 5.74) is -0.207. The van der Waals surface area contributed by atoms with Gasteiger partial charge in [-0.25, -0.2) is 4.79 Å². The molecule has 2 fully saturated rings. The third-order valence-electron chi connectivity index (χ3n) is 5.26. The predicted octanol–water partition coefficient (Wildman–Crippen LogP) is 2.90. The van der Waals surface area contributed by atoms with Crippen LogP contribution in [0.2, 0.25) is 0 Å². The van der Waals surface area contributed by atoms with E-state index >= 15 is 0 Å². The van der Waals surface area contributed by atoms with Crippen LogP contribution in [-0.4, -0.2) is 29.7 Å². The lowest BCUT2D eigenvalue weighted by Gasteiger charge is -2.41. The van der Waals surface area contributed by atoms with Gasteiger partial charge in [-0.05, 0) is 37.0 Å². The highest BCUT2D eigenvalue weighted by Gasteiger charge is 2.39. The molecule has 0 saturated heterocycles. The van der Waals surface area contributed by atoms with Crippen molar-refractivity contribution in [2.75, 3.05) is 6.54 Å². The van der Waals surface area contributed by atoms with Gasteiger partial charge in [-0.15, -0.1) is 0 Å². The Bertz CT molecular complexity index is 380. The average Bonchev–Trinajstić information content (AvgIpc) is 2.41. The second-order valence-electron chi connectivity index (χ2n) is 6.89. The molecule has 0 heterocycles. The van der Waals surface area contributed by atoms with Crippen molar-refractivity contribution in [3.8, 4) is 0 Å². The van der Waals surface area contributed by atoms with Crippen molar-refractivity contribution in [3.05, 3.63) is 0 Å². The quantitative estimate of drug-likeness (QED) is 0.705. The van der Waals surface area contributed by atoms with Crippen LogP contribution in [0.4, 0.5) is 4.79 Å². The van der Waals surface area contributed by atoms with Gasteiger partial charge >= 0.3 is 12.0 Å². The number of amides is 2. The second-order valence-corrected chi connectivity index (χ2v) is 6.89. The van der Waals surface area contributed by atoms with Gasteiger partial charge in [0.2, 0.25) is 0 Å². The second kappa shape index (κ2) is 7.14. The third kappa shape index (κ3) is 4.61. The summed E-state index contributed by atoms with van der Waals surface area (Å²) in [7, 11) is 0. The number of aliphatic carboxylic acids is 1. The topological polar surface area (TPSA) is 78.4 Å². The van der Waals surface area contributed by atoms with E-state index in [2.05, 4.69) is 17.6 Å². The lowest BCUT2D eigenvalue weighted by atomic mass is 9.66. The van der Waals surface area contributed by atoms with Gasteiger partial charge in [0.05, 0.1) is 6.42 Å². The molecule has 0 aromatic heterocycles. The molecule has 2 saturated carbocycles. The first kappa shape index (κ1) is 16.1. The van der Waals surface area contributed by atoms with Gasteiger partial charge in [0.15, 0.2) is 0 Å². The molecule has 0 bridgehead atoms. The molecule has 2 aliphatic rings. The fourth-order valence-electron chi connectivity index (χ4n) is 3.71. The molecule has 2 atom stereocenters. The highest BCUT2D eigenvalue weighted by atomic mass is 16.4. The zero-order valence-electron chi connectivity index (χ0n) is 13.0. The Morgan fingerprint density at radius 3 is 2.57 bits per heavy atom. The molecule has 3 N–H and O–H groups in total. The third-order valence-corrected chi connectivity index (χ3v) is 5.26. The number of hydrogen-bond donors (Lipinski definition) is 3. The molecular formula is C16H28N2O3. The molecule has 2 unspecified atom stereocenters. The lowest BCUT2D eigenvalue weighted by molar-refractivity contribution is -0.141. The Morgan fingerprint density at radius 1 is 1.24 bits per heavy atom. The number of carbonyl (C=O) groups excluding carboxylic acids is 1. The van der Waals surface area contributed by atoms with Crippen molar-refractivity contribution in [2.24, 2.45) is 11.3 Å². The molecule has 5 nitrogen and oxygen atoms in total. The van der Waals surface area contributed by atoms with Crippen LogP contribution in [0, 0.1) is 11.3 Å². The van der Waals surface area contributed by atoms with E-state index in [4.69, 9.17) is 5.11 Å². The summed E-state index contributed by atoms with van der Waals surface area (Å²) < 4.78 is 0. The minimum atomic E-state index is -0.769. The normalized spacial score (nSPS) is 27.5. The van der Waals surface area contributed by atoms with E-state index < -0.39 is 5.97 Å². The van der Waals surface area contributed by atoms with Crippen molar-refractivity contribution < 1.29 is 14.7 Å². The first-order valence-corrected chi connectivity index (χ1v) is 8.29. The zero-order chi connectivity index (χ0) is 15.3. The first-order valence-electron chi connectivity index (χ1n) is 8.29. The van der Waals surface area contributed by atoms with Crippen LogP contribution >= 0.6 is 0 Å². The van der Waals surface area contributed by atoms with Gasteiger partial charge in [-0.2, -0.15) is 0 Å². The van der Waals surface area contributed by atoms with Gasteiger partial charge in [-0.3, -0.25) is 4.79 Å². The maximum absolute atomic E-state index is 12.0. The van der Waals surface area contributed by atoms with E-state index in [0.717, 1.165) is 38.0 Å². The average molecular weight is 296 g/mol. The van der Waals surface area contributed by atoms with Crippen LogP contribution in [0.1, 0.15) is 64.7 Å². The van der Waals surface area contributed by atoms with Crippen LogP contribution < -0.4 is 10.6 Å². The van der Waals surface area contributed by atoms with Gasteiger partial charge in [0.1, 0.15) is 0 Å². The highest BCUT2D eigenvalue weighted by molar-refractivity contribution is 5.74. The van der Waals surface area contributed by atoms with Crippen molar-refractivity contribution >= 4 is 12.0 Å². The molecule has 2 rings (SSSR count). The van der Waals surface area contributed by atoms with E-state index in [1.807, 2.05) is 0 Å². The van der Waals surface area contributed by atoms with E-state index in [1.54, 1.807) is 0 Å². The number of urea groups is 1. The zero-order valence-corrected chi connectivity index (χ0v) is 13.0. The van der Waals surface area contributed by atoms with E-state index in [0.29, 0.717) is 6.54 Å². The lowest BCUT2D eigenvalue weighted by Crippen LogP contribution is -2.49. The SMILES string of the molecule is CCC1CCCC(NC(=O)NCC2(CC(=O)O)CCC2)C1. The molecule has 0 radical (unpaired) electrons. The maximum Gasteiger partial charge on any atom is 0.315 e. The van der Waals surface area contributed by atoms with Crippen molar-refractivity contribution in [3.63, 3.8) is 0 Å². The molecule has 0 aromatic rings. The van der Waals surface area contributed by atoms with Crippen molar-refractivity contribution in [2.45, 2.75) is 70.8 Å². The number of carboxylic acids is 1. The fourth-order valence-corrected chi connectivity index (χ4v) is 3.71. The monoisotopic (exact) mass is 296 g/mol. The fraction of sp³-hybridized carbons (Fsp3) is 0.875. The minimum Gasteiger partial charge on any atom is -0.481 e. The molecule has 0 aliphatic heterocycles. The molecule has 120 valence electrons. The summed E-state index contributed by atoms with van der Waals surface area (Å²) in [6, 6.07) is 0.147. The molecule has 2 amide bonds. The Balaban J connectivity index is 1.73. The summed E-state index contributed by atoms with van der Waals surface area (Å²) in [5.74, 6) is -0.0380. The van der Waals surface area contributed by atoms with Gasteiger partial charge in [0.25, 0.3) is 0 Å². The number of hydrogen-bond acceptors (Lipinski definition) is 2. The minimum absolute atomic E-state index is 0.131. The molecule has 2 aliphatic carbocycles. The molecule has 21 heavy (non-hydrogen) atoms. The number of carbonyl (C=O) groups is 2. The van der Waals surface area contributed by atoms with Crippen LogP contribution in [0.25, 0.3) is 0 Å². The summed E-state index contributed by atoms with van der Waals surface area (Å²) in [6.45, 7) is 2.69. The van der Waals surface area contributed by atoms with Crippen molar-refractivity contribution in [1.82, 2.24) is 10.6 Å². The van der Waals surface area contributed by atoms with Crippen LogP contribution in [0.15, 0.2) is 0 Å². The summed E-state index contributed by atoms with van der Waals surface area (Å²) in [4.78, 5) is 22.9. The highest BCUT2D eigenvalue weighted by Crippen LogP contribution is 2.43. The predicted molar refractivity (Wildman–Crippen MR) is 81.1 cm³/mol. The van der Waals surface area contributed by atoms with Gasteiger partial charge in [0, 0.05) is 12.6 Å². The summed E-state index contributed by atoms with van der Waals surface area (Å²) in [6.07, 6.45) is 8.81. The largest absolute Gasteiger partial charge is 0.481 e.